The molecule has 0 aromatic heterocycles. The lowest BCUT2D eigenvalue weighted by Gasteiger charge is -2.20. The average Bonchev–Trinajstić information content (AvgIpc) is 2.01. The minimum absolute atomic E-state index is 0.209. The van der Waals surface area contributed by atoms with Crippen molar-refractivity contribution in [1.29, 1.82) is 0 Å². The first-order valence-corrected chi connectivity index (χ1v) is 4.16. The van der Waals surface area contributed by atoms with Crippen molar-refractivity contribution in [2.75, 3.05) is 0 Å². The van der Waals surface area contributed by atoms with E-state index in [1.165, 1.54) is 20.8 Å². The number of aliphatic hydroxyl groups excluding tert-OH is 1. The first kappa shape index (κ1) is 12.6. The molecule has 0 aromatic rings. The summed E-state index contributed by atoms with van der Waals surface area (Å²) in [5.74, 6) is -1.03. The van der Waals surface area contributed by atoms with E-state index >= 15 is 0 Å². The fraction of sp³-hybridized carbons (Fsp3) is 0.556. The lowest BCUT2D eigenvalue weighted by molar-refractivity contribution is -0.154. The highest BCUT2D eigenvalue weighted by Gasteiger charge is 2.20. The van der Waals surface area contributed by atoms with Crippen LogP contribution in [-0.2, 0) is 14.3 Å². The van der Waals surface area contributed by atoms with Crippen LogP contribution in [0.3, 0.4) is 0 Å². The van der Waals surface area contributed by atoms with Crippen molar-refractivity contribution < 1.29 is 19.4 Å². The lowest BCUT2D eigenvalue weighted by Crippen LogP contribution is -2.44. The third-order valence-corrected chi connectivity index (χ3v) is 1.37. The Labute approximate surface area is 82.7 Å². The van der Waals surface area contributed by atoms with E-state index in [0.29, 0.717) is 0 Å². The van der Waals surface area contributed by atoms with Crippen LogP contribution in [0.25, 0.3) is 0 Å². The number of hydrogen-bond donors (Lipinski definition) is 2. The molecule has 2 atom stereocenters. The molecule has 14 heavy (non-hydrogen) atoms. The van der Waals surface area contributed by atoms with Gasteiger partial charge in [0, 0.05) is 12.5 Å². The zero-order valence-electron chi connectivity index (χ0n) is 8.53. The standard InChI is InChI=1S/C9H15NO4/c1-5(2)9(13)14-8(6(3)11)10-7(4)12/h6,8,11H,1H2,2-4H3,(H,10,12). The van der Waals surface area contributed by atoms with Gasteiger partial charge >= 0.3 is 5.97 Å². The highest BCUT2D eigenvalue weighted by Crippen LogP contribution is 2.00. The lowest BCUT2D eigenvalue weighted by atomic mass is 10.3. The van der Waals surface area contributed by atoms with Crippen molar-refractivity contribution in [3.63, 3.8) is 0 Å². The maximum absolute atomic E-state index is 11.1. The summed E-state index contributed by atoms with van der Waals surface area (Å²) >= 11 is 0. The zero-order valence-corrected chi connectivity index (χ0v) is 8.53. The van der Waals surface area contributed by atoms with Crippen LogP contribution in [-0.4, -0.2) is 29.3 Å². The first-order chi connectivity index (χ1) is 6.34. The third kappa shape index (κ3) is 4.61. The maximum atomic E-state index is 11.1. The van der Waals surface area contributed by atoms with E-state index in [4.69, 9.17) is 4.74 Å². The van der Waals surface area contributed by atoms with Crippen LogP contribution in [0.1, 0.15) is 20.8 Å². The molecule has 0 radical (unpaired) electrons. The summed E-state index contributed by atoms with van der Waals surface area (Å²) in [4.78, 5) is 21.7. The van der Waals surface area contributed by atoms with Crippen molar-refractivity contribution in [1.82, 2.24) is 5.32 Å². The molecule has 0 heterocycles. The predicted octanol–water partition coefficient (Wildman–Crippen LogP) is -0.0513. The Morgan fingerprint density at radius 3 is 2.21 bits per heavy atom. The molecule has 0 aliphatic heterocycles. The molecule has 0 saturated heterocycles. The largest absolute Gasteiger partial charge is 0.436 e. The molecule has 0 aliphatic carbocycles. The van der Waals surface area contributed by atoms with Crippen LogP contribution in [0.15, 0.2) is 12.2 Å². The van der Waals surface area contributed by atoms with E-state index in [0.717, 1.165) is 0 Å². The Balaban J connectivity index is 4.30. The van der Waals surface area contributed by atoms with E-state index in [9.17, 15) is 14.7 Å². The number of carbonyl (C=O) groups is 2. The van der Waals surface area contributed by atoms with Crippen LogP contribution in [0.2, 0.25) is 0 Å². The van der Waals surface area contributed by atoms with Gasteiger partial charge in [-0.3, -0.25) is 4.79 Å². The number of rotatable bonds is 4. The normalized spacial score (nSPS) is 14.0. The molecule has 80 valence electrons. The molecule has 0 saturated carbocycles. The van der Waals surface area contributed by atoms with Gasteiger partial charge in [0.05, 0.1) is 0 Å². The SMILES string of the molecule is C=C(C)C(=O)OC(NC(C)=O)C(C)O. The molecule has 5 heteroatoms. The Kier molecular flexibility index (Phi) is 4.86. The van der Waals surface area contributed by atoms with Gasteiger partial charge in [-0.2, -0.15) is 0 Å². The summed E-state index contributed by atoms with van der Waals surface area (Å²) in [5.41, 5.74) is 0.209. The average molecular weight is 201 g/mol. The number of amides is 1. The maximum Gasteiger partial charge on any atom is 0.335 e. The zero-order chi connectivity index (χ0) is 11.3. The molecule has 2 unspecified atom stereocenters. The summed E-state index contributed by atoms with van der Waals surface area (Å²) < 4.78 is 4.76. The summed E-state index contributed by atoms with van der Waals surface area (Å²) in [6.45, 7) is 7.54. The topological polar surface area (TPSA) is 75.6 Å². The molecule has 2 N–H and O–H groups in total. The number of aliphatic hydroxyl groups is 1. The molecule has 0 spiro atoms. The molecule has 0 fully saturated rings. The Bertz CT molecular complexity index is 247. The van der Waals surface area contributed by atoms with E-state index in [1.54, 1.807) is 0 Å². The molecule has 0 bridgehead atoms. The molecule has 1 amide bonds. The number of ether oxygens (including phenoxy) is 1. The van der Waals surface area contributed by atoms with Crippen LogP contribution >= 0.6 is 0 Å². The van der Waals surface area contributed by atoms with Crippen LogP contribution < -0.4 is 5.32 Å². The second-order valence-electron chi connectivity index (χ2n) is 3.05. The predicted molar refractivity (Wildman–Crippen MR) is 50.2 cm³/mol. The van der Waals surface area contributed by atoms with E-state index in [1.807, 2.05) is 0 Å². The van der Waals surface area contributed by atoms with E-state index < -0.39 is 18.3 Å². The monoisotopic (exact) mass is 201 g/mol. The Morgan fingerprint density at radius 2 is 1.93 bits per heavy atom. The second kappa shape index (κ2) is 5.39. The number of hydrogen-bond acceptors (Lipinski definition) is 4. The van der Waals surface area contributed by atoms with Gasteiger partial charge < -0.3 is 15.2 Å². The van der Waals surface area contributed by atoms with E-state index in [2.05, 4.69) is 11.9 Å². The van der Waals surface area contributed by atoms with Crippen molar-refractivity contribution in [3.8, 4) is 0 Å². The van der Waals surface area contributed by atoms with Gasteiger partial charge in [0.2, 0.25) is 12.1 Å². The number of nitrogens with one attached hydrogen (secondary N) is 1. The minimum atomic E-state index is -1.03. The summed E-state index contributed by atoms with van der Waals surface area (Å²) in [6, 6.07) is 0. The fourth-order valence-electron chi connectivity index (χ4n) is 0.665. The number of esters is 1. The van der Waals surface area contributed by atoms with Crippen LogP contribution in [0.4, 0.5) is 0 Å². The second-order valence-corrected chi connectivity index (χ2v) is 3.05. The smallest absolute Gasteiger partial charge is 0.335 e. The van der Waals surface area contributed by atoms with Gasteiger partial charge in [-0.15, -0.1) is 0 Å². The van der Waals surface area contributed by atoms with Crippen LogP contribution in [0, 0.1) is 0 Å². The van der Waals surface area contributed by atoms with Crippen molar-refractivity contribution in [3.05, 3.63) is 12.2 Å². The molecule has 0 aromatic carbocycles. The van der Waals surface area contributed by atoms with Gasteiger partial charge in [-0.25, -0.2) is 4.79 Å². The fourth-order valence-corrected chi connectivity index (χ4v) is 0.665. The minimum Gasteiger partial charge on any atom is -0.436 e. The molecule has 0 rings (SSSR count). The van der Waals surface area contributed by atoms with Gasteiger partial charge in [0.15, 0.2) is 0 Å². The first-order valence-electron chi connectivity index (χ1n) is 4.16. The number of carbonyl (C=O) groups excluding carboxylic acids is 2. The van der Waals surface area contributed by atoms with Crippen molar-refractivity contribution >= 4 is 11.9 Å². The van der Waals surface area contributed by atoms with Gasteiger partial charge in [-0.05, 0) is 13.8 Å². The van der Waals surface area contributed by atoms with Gasteiger partial charge in [0.25, 0.3) is 0 Å². The van der Waals surface area contributed by atoms with E-state index in [-0.39, 0.29) is 11.5 Å². The highest BCUT2D eigenvalue weighted by atomic mass is 16.6. The quantitative estimate of drug-likeness (QED) is 0.380. The molecule has 0 aliphatic rings. The summed E-state index contributed by atoms with van der Waals surface area (Å²) in [6.07, 6.45) is -2.00. The summed E-state index contributed by atoms with van der Waals surface area (Å²) in [7, 11) is 0. The molecular weight excluding hydrogens is 186 g/mol. The Hall–Kier alpha value is -1.36. The van der Waals surface area contributed by atoms with Gasteiger partial charge in [0.1, 0.15) is 6.10 Å². The third-order valence-electron chi connectivity index (χ3n) is 1.37. The van der Waals surface area contributed by atoms with Crippen molar-refractivity contribution in [2.45, 2.75) is 33.1 Å². The highest BCUT2D eigenvalue weighted by molar-refractivity contribution is 5.87. The van der Waals surface area contributed by atoms with Crippen LogP contribution in [0.5, 0.6) is 0 Å². The summed E-state index contributed by atoms with van der Waals surface area (Å²) in [5, 5.41) is 11.5. The van der Waals surface area contributed by atoms with Gasteiger partial charge in [-0.1, -0.05) is 6.58 Å². The Morgan fingerprint density at radius 1 is 1.43 bits per heavy atom. The van der Waals surface area contributed by atoms with Crippen molar-refractivity contribution in [2.24, 2.45) is 0 Å². The molecular formula is C9H15NO4. The molecule has 5 nitrogen and oxygen atoms in total.